The molecule has 4 nitrogen and oxygen atoms in total. The fraction of sp³-hybridized carbons (Fsp3) is 0.0702. The van der Waals surface area contributed by atoms with Crippen molar-refractivity contribution in [2.75, 3.05) is 9.80 Å². The molecule has 0 aliphatic heterocycles. The number of hydrogen-bond donors (Lipinski definition) is 0. The van der Waals surface area contributed by atoms with Gasteiger partial charge in [-0.1, -0.05) is 343 Å². The summed E-state index contributed by atoms with van der Waals surface area (Å²) in [7, 11) is 0. The van der Waals surface area contributed by atoms with E-state index in [0.717, 1.165) is 56.6 Å². The molecule has 0 saturated heterocycles. The third-order valence-electron chi connectivity index (χ3n) is 25.5. The number of nitrogens with zero attached hydrogens (tertiary/aromatic N) is 4. The highest BCUT2D eigenvalue weighted by atomic mass is 15.2. The summed E-state index contributed by atoms with van der Waals surface area (Å²) in [6.07, 6.45) is 4.50. The van der Waals surface area contributed by atoms with Gasteiger partial charge in [-0.2, -0.15) is 0 Å². The minimum Gasteiger partial charge on any atom is -0.310 e. The van der Waals surface area contributed by atoms with Crippen molar-refractivity contribution in [2.24, 2.45) is 0 Å². The average molecular weight is 1510 g/mol. The highest BCUT2D eigenvalue weighted by Gasteiger charge is 2.47. The number of rotatable bonds is 17. The van der Waals surface area contributed by atoms with Crippen LogP contribution in [0, 0.1) is 6.92 Å². The van der Waals surface area contributed by atoms with E-state index in [0.29, 0.717) is 0 Å². The second kappa shape index (κ2) is 28.8. The summed E-state index contributed by atoms with van der Waals surface area (Å²) in [5.41, 5.74) is 30.8. The zero-order valence-corrected chi connectivity index (χ0v) is 66.8. The summed E-state index contributed by atoms with van der Waals surface area (Å²) < 4.78 is 4.83. The van der Waals surface area contributed by atoms with Crippen molar-refractivity contribution in [1.82, 2.24) is 9.13 Å². The lowest BCUT2D eigenvalue weighted by Crippen LogP contribution is -2.29. The fourth-order valence-electron chi connectivity index (χ4n) is 19.1. The molecule has 2 heterocycles. The van der Waals surface area contributed by atoms with Crippen LogP contribution in [0.5, 0.6) is 0 Å². The first-order valence-electron chi connectivity index (χ1n) is 41.2. The van der Waals surface area contributed by atoms with Crippen LogP contribution >= 0.6 is 0 Å². The lowest BCUT2D eigenvalue weighted by molar-refractivity contribution is 0.641. The lowest BCUT2D eigenvalue weighted by atomic mass is 9.67. The molecule has 0 spiro atoms. The normalized spacial score (nSPS) is 12.7. The Labute approximate surface area is 690 Å². The molecule has 0 atom stereocenters. The van der Waals surface area contributed by atoms with E-state index in [2.05, 4.69) is 484 Å². The van der Waals surface area contributed by atoms with Gasteiger partial charge in [-0.25, -0.2) is 0 Å². The van der Waals surface area contributed by atoms with Gasteiger partial charge in [0, 0.05) is 77.3 Å². The molecular weight excluding hydrogens is 1430 g/mol. The minimum atomic E-state index is -0.707. The maximum atomic E-state index is 2.50. The first-order chi connectivity index (χ1) is 57.9. The third-order valence-corrected chi connectivity index (χ3v) is 25.5. The van der Waals surface area contributed by atoms with E-state index in [4.69, 9.17) is 0 Å². The Hall–Kier alpha value is -14.6. The molecule has 0 radical (unpaired) electrons. The summed E-state index contributed by atoms with van der Waals surface area (Å²) in [6, 6.07) is 156. The maximum Gasteiger partial charge on any atom is 0.0715 e. The predicted octanol–water partition coefficient (Wildman–Crippen LogP) is 30.3. The largest absolute Gasteiger partial charge is 0.310 e. The molecule has 118 heavy (non-hydrogen) atoms. The molecule has 0 unspecified atom stereocenters. The molecule has 21 rings (SSSR count). The van der Waals surface area contributed by atoms with E-state index < -0.39 is 5.41 Å². The first-order valence-corrected chi connectivity index (χ1v) is 41.2. The average Bonchev–Trinajstić information content (AvgIpc) is 1.53. The highest BCUT2D eigenvalue weighted by molar-refractivity contribution is 6.12. The molecular formula is C114H86N4. The van der Waals surface area contributed by atoms with E-state index in [9.17, 15) is 0 Å². The molecule has 1 aliphatic rings. The van der Waals surface area contributed by atoms with Gasteiger partial charge in [0.1, 0.15) is 0 Å². The lowest BCUT2D eigenvalue weighted by Gasteiger charge is -2.36. The van der Waals surface area contributed by atoms with Gasteiger partial charge in [0.05, 0.1) is 38.9 Å². The van der Waals surface area contributed by atoms with Crippen LogP contribution in [0.25, 0.3) is 111 Å². The summed E-state index contributed by atoms with van der Waals surface area (Å²) in [5, 5.41) is 9.74. The van der Waals surface area contributed by atoms with E-state index >= 15 is 0 Å². The van der Waals surface area contributed by atoms with Crippen molar-refractivity contribution in [2.45, 2.75) is 50.9 Å². The predicted molar refractivity (Wildman–Crippen MR) is 499 cm³/mol. The Bertz CT molecular complexity index is 7200. The Morgan fingerprint density at radius 1 is 0.263 bits per heavy atom. The Morgan fingerprint density at radius 2 is 0.627 bits per heavy atom. The first kappa shape index (κ1) is 71.2. The molecule has 562 valence electrons. The van der Waals surface area contributed by atoms with Crippen LogP contribution in [-0.4, -0.2) is 9.13 Å². The SMILES string of the molecule is Cc1ccc(C(C)(C)c2ccc3c(c2)c2ccccc2n3-c2ccc(-c3ccc(-n4c5ccccc5c5cc(C=Cc6ccc(C(C)(C)c7ccc(N(c8ccc9c(c8)C(c8ccccc8)(c8ccccc8)c8cc(N(c%10ccccc%10)c%10cccc%11ccccc%10%11)ccc8-9)c8cccc9ccccc89)cc7)cc6)ccc54)cc3)cc2)cc1. The highest BCUT2D eigenvalue weighted by Crippen LogP contribution is 2.59. The Balaban J connectivity index is 0.566. The van der Waals surface area contributed by atoms with E-state index in [1.807, 2.05) is 0 Å². The van der Waals surface area contributed by atoms with Crippen LogP contribution in [-0.2, 0) is 16.2 Å². The molecule has 0 saturated carbocycles. The standard InChI is InChI=1S/C114H86N4/c1-77-43-54-84(55-44-77)113(4,5)89-60-72-111-103(74-89)101-38-20-22-40-109(101)118(111)93-63-52-81(53-64-93)80-50-61-92(62-51-80)117-108-39-21-19-37-100(108)102-73-79(49-71-110(102)117)46-45-78-47-56-85(57-48-78)112(2,3)86-58-65-91(66-59-86)116(107-42-24-28-83-26-16-18-36-97(83)107)95-68-70-99-98-69-67-94(115(90-33-13-8-14-34-90)106-41-23-27-82-25-15-17-35-96(82)106)75-104(98)114(105(99)76-95,87-29-9-6-10-30-87)88-31-11-7-12-32-88/h6-76H,1-5H3. The van der Waals surface area contributed by atoms with Crippen molar-refractivity contribution in [3.63, 3.8) is 0 Å². The third kappa shape index (κ3) is 12.0. The summed E-state index contributed by atoms with van der Waals surface area (Å²) in [4.78, 5) is 4.93. The molecule has 1 aliphatic carbocycles. The van der Waals surface area contributed by atoms with Crippen LogP contribution in [0.2, 0.25) is 0 Å². The van der Waals surface area contributed by atoms with Crippen molar-refractivity contribution >= 4 is 111 Å². The van der Waals surface area contributed by atoms with Gasteiger partial charge in [-0.05, 0) is 217 Å². The monoisotopic (exact) mass is 1510 g/mol. The topological polar surface area (TPSA) is 16.3 Å². The maximum absolute atomic E-state index is 2.50. The molecule has 0 amide bonds. The van der Waals surface area contributed by atoms with Crippen molar-refractivity contribution in [3.05, 3.63) is 480 Å². The Kier molecular flexibility index (Phi) is 17.4. The van der Waals surface area contributed by atoms with Crippen LogP contribution in [0.3, 0.4) is 0 Å². The summed E-state index contributed by atoms with van der Waals surface area (Å²) in [5.74, 6) is 0. The van der Waals surface area contributed by atoms with E-state index in [-0.39, 0.29) is 10.8 Å². The van der Waals surface area contributed by atoms with Gasteiger partial charge in [0.25, 0.3) is 0 Å². The minimum absolute atomic E-state index is 0.148. The van der Waals surface area contributed by atoms with Crippen LogP contribution in [0.15, 0.2) is 419 Å². The van der Waals surface area contributed by atoms with Gasteiger partial charge in [0.15, 0.2) is 0 Å². The van der Waals surface area contributed by atoms with Gasteiger partial charge < -0.3 is 18.9 Å². The number of fused-ring (bicyclic) bond motifs is 11. The van der Waals surface area contributed by atoms with Crippen molar-refractivity contribution < 1.29 is 0 Å². The number of benzene rings is 18. The number of aromatic nitrogens is 2. The summed E-state index contributed by atoms with van der Waals surface area (Å²) in [6.45, 7) is 11.5. The quantitative estimate of drug-likeness (QED) is 0.0845. The van der Waals surface area contributed by atoms with Gasteiger partial charge in [-0.3, -0.25) is 0 Å². The van der Waals surface area contributed by atoms with E-state index in [1.54, 1.807) is 0 Å². The molecule has 4 heteroatoms. The molecule has 0 bridgehead atoms. The molecule has 2 aromatic heterocycles. The molecule has 0 N–H and O–H groups in total. The fourth-order valence-corrected chi connectivity index (χ4v) is 19.1. The van der Waals surface area contributed by atoms with Crippen LogP contribution in [0.4, 0.5) is 34.1 Å². The second-order valence-corrected chi connectivity index (χ2v) is 32.9. The van der Waals surface area contributed by atoms with Gasteiger partial charge in [-0.15, -0.1) is 0 Å². The molecule has 0 fully saturated rings. The smallest absolute Gasteiger partial charge is 0.0715 e. The van der Waals surface area contributed by atoms with Gasteiger partial charge in [0.2, 0.25) is 0 Å². The number of para-hydroxylation sites is 3. The number of aryl methyl sites for hydroxylation is 1. The summed E-state index contributed by atoms with van der Waals surface area (Å²) >= 11 is 0. The number of anilines is 6. The number of hydrogen-bond acceptors (Lipinski definition) is 2. The van der Waals surface area contributed by atoms with E-state index in [1.165, 1.54) is 137 Å². The van der Waals surface area contributed by atoms with Crippen molar-refractivity contribution in [3.8, 4) is 33.6 Å². The van der Waals surface area contributed by atoms with Crippen LogP contribution < -0.4 is 9.80 Å². The zero-order chi connectivity index (χ0) is 79.2. The molecule has 18 aromatic carbocycles. The second-order valence-electron chi connectivity index (χ2n) is 32.9. The zero-order valence-electron chi connectivity index (χ0n) is 66.8. The molecule has 20 aromatic rings. The van der Waals surface area contributed by atoms with Crippen molar-refractivity contribution in [1.29, 1.82) is 0 Å². The van der Waals surface area contributed by atoms with Crippen LogP contribution in [0.1, 0.15) is 88.9 Å². The Morgan fingerprint density at radius 3 is 1.14 bits per heavy atom. The van der Waals surface area contributed by atoms with Gasteiger partial charge >= 0.3 is 0 Å².